The normalized spacial score (nSPS) is 30.6. The number of carboxylic acids is 1. The summed E-state index contributed by atoms with van der Waals surface area (Å²) in [5, 5.41) is 8.63. The number of carbonyl (C=O) groups excluding carboxylic acids is 1. The molecular formula is C9H11NO3. The van der Waals surface area contributed by atoms with Gasteiger partial charge in [0.1, 0.15) is 0 Å². The predicted molar refractivity (Wildman–Crippen MR) is 45.0 cm³/mol. The first-order valence-corrected chi connectivity index (χ1v) is 4.36. The monoisotopic (exact) mass is 181 g/mol. The molecule has 13 heavy (non-hydrogen) atoms. The molecule has 4 nitrogen and oxygen atoms in total. The van der Waals surface area contributed by atoms with Crippen LogP contribution in [0, 0.1) is 11.8 Å². The van der Waals surface area contributed by atoms with Crippen LogP contribution in [0.15, 0.2) is 12.2 Å². The molecule has 0 aromatic heterocycles. The van der Waals surface area contributed by atoms with E-state index in [9.17, 15) is 9.59 Å². The minimum absolute atomic E-state index is 0.00241. The third-order valence-corrected chi connectivity index (χ3v) is 2.55. The van der Waals surface area contributed by atoms with Gasteiger partial charge in [0.25, 0.3) is 0 Å². The van der Waals surface area contributed by atoms with Crippen molar-refractivity contribution in [2.75, 3.05) is 13.1 Å². The largest absolute Gasteiger partial charge is 0.481 e. The molecule has 1 amide bonds. The van der Waals surface area contributed by atoms with Gasteiger partial charge in [0.2, 0.25) is 5.91 Å². The molecule has 1 aliphatic heterocycles. The molecular weight excluding hydrogens is 170 g/mol. The van der Waals surface area contributed by atoms with E-state index in [-0.39, 0.29) is 11.8 Å². The lowest BCUT2D eigenvalue weighted by atomic mass is 10.3. The SMILES string of the molecule is O=C(O)[C@@H]1C[C@@H]1C(=O)N1CC=CC1. The van der Waals surface area contributed by atoms with Crippen molar-refractivity contribution in [3.63, 3.8) is 0 Å². The first-order valence-electron chi connectivity index (χ1n) is 4.36. The number of carbonyl (C=O) groups is 2. The van der Waals surface area contributed by atoms with E-state index in [1.54, 1.807) is 4.90 Å². The second-order valence-electron chi connectivity index (χ2n) is 3.50. The Labute approximate surface area is 75.8 Å². The van der Waals surface area contributed by atoms with E-state index in [0.717, 1.165) is 0 Å². The molecule has 0 aromatic rings. The Balaban J connectivity index is 1.89. The number of aliphatic carboxylic acids is 1. The Morgan fingerprint density at radius 1 is 1.23 bits per heavy atom. The van der Waals surface area contributed by atoms with Gasteiger partial charge in [0.05, 0.1) is 11.8 Å². The molecule has 2 aliphatic rings. The van der Waals surface area contributed by atoms with E-state index in [1.165, 1.54) is 0 Å². The highest BCUT2D eigenvalue weighted by Crippen LogP contribution is 2.40. The molecule has 2 rings (SSSR count). The van der Waals surface area contributed by atoms with Gasteiger partial charge in [-0.1, -0.05) is 12.2 Å². The van der Waals surface area contributed by atoms with E-state index >= 15 is 0 Å². The van der Waals surface area contributed by atoms with E-state index in [1.807, 2.05) is 12.2 Å². The summed E-state index contributed by atoms with van der Waals surface area (Å²) in [5.41, 5.74) is 0. The molecule has 1 saturated carbocycles. The van der Waals surface area contributed by atoms with Crippen LogP contribution in [0.4, 0.5) is 0 Å². The third-order valence-electron chi connectivity index (χ3n) is 2.55. The Morgan fingerprint density at radius 2 is 1.85 bits per heavy atom. The van der Waals surface area contributed by atoms with Crippen molar-refractivity contribution in [2.24, 2.45) is 11.8 Å². The summed E-state index contributed by atoms with van der Waals surface area (Å²) in [6, 6.07) is 0. The van der Waals surface area contributed by atoms with Crippen LogP contribution >= 0.6 is 0 Å². The molecule has 1 aliphatic carbocycles. The first-order chi connectivity index (χ1) is 6.20. The van der Waals surface area contributed by atoms with Crippen LogP contribution in [0.1, 0.15) is 6.42 Å². The van der Waals surface area contributed by atoms with Gasteiger partial charge < -0.3 is 10.0 Å². The predicted octanol–water partition coefficient (Wildman–Crippen LogP) is 0.106. The van der Waals surface area contributed by atoms with E-state index in [2.05, 4.69) is 0 Å². The first kappa shape index (κ1) is 8.29. The maximum Gasteiger partial charge on any atom is 0.307 e. The molecule has 2 atom stereocenters. The minimum atomic E-state index is -0.842. The third kappa shape index (κ3) is 1.43. The highest BCUT2D eigenvalue weighted by atomic mass is 16.4. The summed E-state index contributed by atoms with van der Waals surface area (Å²) >= 11 is 0. The van der Waals surface area contributed by atoms with Gasteiger partial charge in [-0.2, -0.15) is 0 Å². The fraction of sp³-hybridized carbons (Fsp3) is 0.556. The lowest BCUT2D eigenvalue weighted by molar-refractivity contribution is -0.141. The molecule has 0 saturated heterocycles. The zero-order valence-corrected chi connectivity index (χ0v) is 7.14. The van der Waals surface area contributed by atoms with Gasteiger partial charge in [-0.15, -0.1) is 0 Å². The quantitative estimate of drug-likeness (QED) is 0.615. The molecule has 0 radical (unpaired) electrons. The Kier molecular flexibility index (Phi) is 1.83. The second kappa shape index (κ2) is 2.87. The van der Waals surface area contributed by atoms with E-state index in [0.29, 0.717) is 19.5 Å². The van der Waals surface area contributed by atoms with Gasteiger partial charge in [-0.05, 0) is 6.42 Å². The average Bonchev–Trinajstić information content (AvgIpc) is 2.72. The van der Waals surface area contributed by atoms with Crippen LogP contribution in [0.2, 0.25) is 0 Å². The smallest absolute Gasteiger partial charge is 0.307 e. The van der Waals surface area contributed by atoms with Crippen LogP contribution < -0.4 is 0 Å². The van der Waals surface area contributed by atoms with Crippen molar-refractivity contribution in [2.45, 2.75) is 6.42 Å². The Hall–Kier alpha value is -1.32. The van der Waals surface area contributed by atoms with Crippen molar-refractivity contribution < 1.29 is 14.7 Å². The highest BCUT2D eigenvalue weighted by Gasteiger charge is 2.49. The van der Waals surface area contributed by atoms with E-state index in [4.69, 9.17) is 5.11 Å². The maximum atomic E-state index is 11.5. The number of nitrogens with zero attached hydrogens (tertiary/aromatic N) is 1. The molecule has 0 unspecified atom stereocenters. The van der Waals surface area contributed by atoms with Crippen LogP contribution in [0.3, 0.4) is 0 Å². The minimum Gasteiger partial charge on any atom is -0.481 e. The molecule has 0 spiro atoms. The van der Waals surface area contributed by atoms with Crippen LogP contribution in [0.5, 0.6) is 0 Å². The van der Waals surface area contributed by atoms with Gasteiger partial charge in [-0.3, -0.25) is 9.59 Å². The highest BCUT2D eigenvalue weighted by molar-refractivity contribution is 5.89. The van der Waals surface area contributed by atoms with Gasteiger partial charge in [0.15, 0.2) is 0 Å². The van der Waals surface area contributed by atoms with Gasteiger partial charge >= 0.3 is 5.97 Å². The fourth-order valence-electron chi connectivity index (χ4n) is 1.63. The maximum absolute atomic E-state index is 11.5. The number of amides is 1. The van der Waals surface area contributed by atoms with Crippen LogP contribution in [0.25, 0.3) is 0 Å². The summed E-state index contributed by atoms with van der Waals surface area (Å²) < 4.78 is 0. The number of carboxylic acid groups (broad SMARTS) is 1. The van der Waals surface area contributed by atoms with Crippen molar-refractivity contribution in [3.05, 3.63) is 12.2 Å². The molecule has 1 fully saturated rings. The Morgan fingerprint density at radius 3 is 2.31 bits per heavy atom. The molecule has 0 bridgehead atoms. The van der Waals surface area contributed by atoms with Crippen molar-refractivity contribution in [1.29, 1.82) is 0 Å². The van der Waals surface area contributed by atoms with Gasteiger partial charge in [0, 0.05) is 13.1 Å². The summed E-state index contributed by atoms with van der Waals surface area (Å²) in [5.74, 6) is -1.52. The summed E-state index contributed by atoms with van der Waals surface area (Å²) in [6.07, 6.45) is 4.37. The zero-order valence-electron chi connectivity index (χ0n) is 7.14. The van der Waals surface area contributed by atoms with Crippen LogP contribution in [-0.2, 0) is 9.59 Å². The van der Waals surface area contributed by atoms with Crippen LogP contribution in [-0.4, -0.2) is 35.0 Å². The zero-order chi connectivity index (χ0) is 9.42. The average molecular weight is 181 g/mol. The second-order valence-corrected chi connectivity index (χ2v) is 3.50. The molecule has 1 heterocycles. The molecule has 4 heteroatoms. The summed E-state index contributed by atoms with van der Waals surface area (Å²) in [4.78, 5) is 23.7. The standard InChI is InChI=1S/C9H11NO3/c11-8(10-3-1-2-4-10)6-5-7(6)9(12)13/h1-2,6-7H,3-5H2,(H,12,13)/t6-,7+/m0/s1. The number of hydrogen-bond acceptors (Lipinski definition) is 2. The van der Waals surface area contributed by atoms with Crippen molar-refractivity contribution in [3.8, 4) is 0 Å². The summed E-state index contributed by atoms with van der Waals surface area (Å²) in [6.45, 7) is 1.28. The number of hydrogen-bond donors (Lipinski definition) is 1. The number of rotatable bonds is 2. The lowest BCUT2D eigenvalue weighted by Gasteiger charge is -2.14. The fourth-order valence-corrected chi connectivity index (χ4v) is 1.63. The molecule has 70 valence electrons. The molecule has 1 N–H and O–H groups in total. The lowest BCUT2D eigenvalue weighted by Crippen LogP contribution is -2.30. The van der Waals surface area contributed by atoms with Crippen molar-refractivity contribution >= 4 is 11.9 Å². The Bertz CT molecular complexity index is 277. The topological polar surface area (TPSA) is 57.6 Å². The molecule has 0 aromatic carbocycles. The van der Waals surface area contributed by atoms with Crippen molar-refractivity contribution in [1.82, 2.24) is 4.90 Å². The summed E-state index contributed by atoms with van der Waals surface area (Å²) in [7, 11) is 0. The van der Waals surface area contributed by atoms with E-state index < -0.39 is 11.9 Å². The van der Waals surface area contributed by atoms with Gasteiger partial charge in [-0.25, -0.2) is 0 Å².